The van der Waals surface area contributed by atoms with Gasteiger partial charge in [0, 0.05) is 6.04 Å². The van der Waals surface area contributed by atoms with Crippen molar-refractivity contribution in [3.8, 4) is 5.75 Å². The van der Waals surface area contributed by atoms with Gasteiger partial charge in [0.05, 0.1) is 6.42 Å². The van der Waals surface area contributed by atoms with E-state index in [1.807, 2.05) is 0 Å². The minimum absolute atomic E-state index is 0.0850. The van der Waals surface area contributed by atoms with Gasteiger partial charge in [-0.15, -0.1) is 13.2 Å². The molecule has 0 aliphatic rings. The summed E-state index contributed by atoms with van der Waals surface area (Å²) < 4.78 is 75.2. The van der Waals surface area contributed by atoms with Crippen molar-refractivity contribution >= 4 is 0 Å². The van der Waals surface area contributed by atoms with Gasteiger partial charge in [-0.25, -0.2) is 0 Å². The maximum atomic E-state index is 12.0. The Labute approximate surface area is 98.3 Å². The molecule has 0 saturated carbocycles. The smallest absolute Gasteiger partial charge is 0.406 e. The molecule has 8 heteroatoms. The van der Waals surface area contributed by atoms with E-state index in [0.29, 0.717) is 0 Å². The Morgan fingerprint density at radius 2 is 1.50 bits per heavy atom. The molecule has 0 aliphatic heterocycles. The molecule has 1 aromatic rings. The van der Waals surface area contributed by atoms with E-state index in [1.54, 1.807) is 0 Å². The van der Waals surface area contributed by atoms with Gasteiger partial charge in [-0.05, 0) is 17.7 Å². The largest absolute Gasteiger partial charge is 0.573 e. The minimum Gasteiger partial charge on any atom is -0.406 e. The van der Waals surface area contributed by atoms with Gasteiger partial charge in [-0.2, -0.15) is 13.2 Å². The maximum Gasteiger partial charge on any atom is 0.573 e. The van der Waals surface area contributed by atoms with E-state index < -0.39 is 30.8 Å². The van der Waals surface area contributed by atoms with E-state index in [2.05, 4.69) is 4.74 Å². The minimum atomic E-state index is -4.84. The van der Waals surface area contributed by atoms with Crippen LogP contribution in [0.4, 0.5) is 26.3 Å². The summed E-state index contributed by atoms with van der Waals surface area (Å²) in [6, 6.07) is 2.65. The molecule has 2 nitrogen and oxygen atoms in total. The summed E-state index contributed by atoms with van der Waals surface area (Å²) in [5.41, 5.74) is 5.36. The molecular weight excluding hydrogens is 264 g/mol. The molecule has 1 atom stereocenters. The van der Waals surface area contributed by atoms with Gasteiger partial charge in [0.25, 0.3) is 0 Å². The van der Waals surface area contributed by atoms with Crippen LogP contribution in [0.1, 0.15) is 18.0 Å². The highest BCUT2D eigenvalue weighted by molar-refractivity contribution is 5.29. The molecule has 1 rings (SSSR count). The van der Waals surface area contributed by atoms with Crippen LogP contribution in [-0.4, -0.2) is 12.5 Å². The lowest BCUT2D eigenvalue weighted by atomic mass is 10.0. The van der Waals surface area contributed by atoms with Gasteiger partial charge in [-0.1, -0.05) is 12.1 Å². The monoisotopic (exact) mass is 273 g/mol. The number of rotatable bonds is 3. The number of hydrogen-bond donors (Lipinski definition) is 1. The predicted molar refractivity (Wildman–Crippen MR) is 50.7 cm³/mol. The Bertz CT molecular complexity index is 383. The van der Waals surface area contributed by atoms with Gasteiger partial charge < -0.3 is 10.5 Å². The molecule has 0 aliphatic carbocycles. The Morgan fingerprint density at radius 1 is 1.00 bits per heavy atom. The molecule has 102 valence electrons. The van der Waals surface area contributed by atoms with E-state index >= 15 is 0 Å². The third kappa shape index (κ3) is 5.26. The van der Waals surface area contributed by atoms with Crippen molar-refractivity contribution in [2.24, 2.45) is 5.73 Å². The van der Waals surface area contributed by atoms with Gasteiger partial charge in [0.15, 0.2) is 0 Å². The van der Waals surface area contributed by atoms with Crippen LogP contribution < -0.4 is 10.5 Å². The number of hydrogen-bond acceptors (Lipinski definition) is 2. The summed E-state index contributed by atoms with van der Waals surface area (Å²) in [7, 11) is 0. The van der Waals surface area contributed by atoms with Gasteiger partial charge in [0.2, 0.25) is 0 Å². The van der Waals surface area contributed by atoms with Crippen LogP contribution in [0.15, 0.2) is 24.3 Å². The van der Waals surface area contributed by atoms with E-state index in [1.165, 1.54) is 0 Å². The Morgan fingerprint density at radius 3 is 1.89 bits per heavy atom. The predicted octanol–water partition coefficient (Wildman–Crippen LogP) is 3.54. The second-order valence-electron chi connectivity index (χ2n) is 3.54. The number of ether oxygens (including phenoxy) is 1. The van der Waals surface area contributed by atoms with E-state index in [-0.39, 0.29) is 5.56 Å². The molecule has 0 bridgehead atoms. The van der Waals surface area contributed by atoms with Crippen LogP contribution >= 0.6 is 0 Å². The first-order chi connectivity index (χ1) is 8.07. The topological polar surface area (TPSA) is 35.2 Å². The third-order valence-electron chi connectivity index (χ3n) is 1.99. The molecule has 0 spiro atoms. The summed E-state index contributed by atoms with van der Waals surface area (Å²) in [5.74, 6) is -0.509. The SMILES string of the molecule is NC(CC(F)(F)F)c1ccc(OC(F)(F)F)cc1. The highest BCUT2D eigenvalue weighted by Gasteiger charge is 2.32. The average Bonchev–Trinajstić information content (AvgIpc) is 2.13. The fraction of sp³-hybridized carbons (Fsp3) is 0.400. The van der Waals surface area contributed by atoms with Gasteiger partial charge in [0.1, 0.15) is 5.75 Å². The van der Waals surface area contributed by atoms with Crippen LogP contribution in [0.2, 0.25) is 0 Å². The van der Waals surface area contributed by atoms with Crippen LogP contribution in [-0.2, 0) is 0 Å². The zero-order valence-corrected chi connectivity index (χ0v) is 8.85. The quantitative estimate of drug-likeness (QED) is 0.855. The summed E-state index contributed by atoms with van der Waals surface area (Å²) in [4.78, 5) is 0. The molecule has 0 amide bonds. The molecule has 0 saturated heterocycles. The Balaban J connectivity index is 2.71. The highest BCUT2D eigenvalue weighted by atomic mass is 19.4. The maximum absolute atomic E-state index is 12.0. The summed E-state index contributed by atoms with van der Waals surface area (Å²) in [5, 5.41) is 0. The number of halogens is 6. The van der Waals surface area contributed by atoms with Crippen LogP contribution in [0.5, 0.6) is 5.75 Å². The van der Waals surface area contributed by atoms with Crippen LogP contribution in [0.3, 0.4) is 0 Å². The van der Waals surface area contributed by atoms with Crippen molar-refractivity contribution in [1.82, 2.24) is 0 Å². The highest BCUT2D eigenvalue weighted by Crippen LogP contribution is 2.29. The third-order valence-corrected chi connectivity index (χ3v) is 1.99. The zero-order chi connectivity index (χ0) is 14.0. The molecule has 0 heterocycles. The van der Waals surface area contributed by atoms with Gasteiger partial charge >= 0.3 is 12.5 Å². The Hall–Kier alpha value is -1.44. The van der Waals surface area contributed by atoms with Crippen molar-refractivity contribution in [1.29, 1.82) is 0 Å². The first-order valence-corrected chi connectivity index (χ1v) is 4.75. The average molecular weight is 273 g/mol. The van der Waals surface area contributed by atoms with E-state index in [0.717, 1.165) is 24.3 Å². The fourth-order valence-electron chi connectivity index (χ4n) is 1.28. The van der Waals surface area contributed by atoms with Crippen LogP contribution in [0.25, 0.3) is 0 Å². The van der Waals surface area contributed by atoms with E-state index in [9.17, 15) is 26.3 Å². The number of benzene rings is 1. The molecule has 1 unspecified atom stereocenters. The molecule has 18 heavy (non-hydrogen) atoms. The molecule has 1 aromatic carbocycles. The Kier molecular flexibility index (Phi) is 4.10. The summed E-state index contributed by atoms with van der Waals surface area (Å²) in [6.45, 7) is 0. The normalized spacial score (nSPS) is 14.4. The van der Waals surface area contributed by atoms with Crippen molar-refractivity contribution in [3.63, 3.8) is 0 Å². The molecule has 0 radical (unpaired) electrons. The molecule has 0 fully saturated rings. The first kappa shape index (κ1) is 14.6. The fourth-order valence-corrected chi connectivity index (χ4v) is 1.28. The van der Waals surface area contributed by atoms with Crippen molar-refractivity contribution in [2.75, 3.05) is 0 Å². The van der Waals surface area contributed by atoms with E-state index in [4.69, 9.17) is 5.73 Å². The van der Waals surface area contributed by atoms with Crippen molar-refractivity contribution in [3.05, 3.63) is 29.8 Å². The standard InChI is InChI=1S/C10H9F6NO/c11-9(12,13)5-8(17)6-1-3-7(4-2-6)18-10(14,15)16/h1-4,8H,5,17H2. The lowest BCUT2D eigenvalue weighted by Crippen LogP contribution is -2.20. The van der Waals surface area contributed by atoms with Gasteiger partial charge in [-0.3, -0.25) is 0 Å². The summed E-state index contributed by atoms with van der Waals surface area (Å²) >= 11 is 0. The van der Waals surface area contributed by atoms with Crippen molar-refractivity contribution < 1.29 is 31.1 Å². The lowest BCUT2D eigenvalue weighted by Gasteiger charge is -2.15. The number of nitrogens with two attached hydrogens (primary N) is 1. The zero-order valence-electron chi connectivity index (χ0n) is 8.85. The lowest BCUT2D eigenvalue weighted by molar-refractivity contribution is -0.274. The molecule has 0 aromatic heterocycles. The second kappa shape index (κ2) is 5.05. The number of alkyl halides is 6. The summed E-state index contributed by atoms with van der Waals surface area (Å²) in [6.07, 6.45) is -10.5. The first-order valence-electron chi connectivity index (χ1n) is 4.75. The molecule has 2 N–H and O–H groups in total. The van der Waals surface area contributed by atoms with Crippen LogP contribution in [0, 0.1) is 0 Å². The van der Waals surface area contributed by atoms with Crippen molar-refractivity contribution in [2.45, 2.75) is 25.0 Å². The molecular formula is C10H9F6NO. The second-order valence-corrected chi connectivity index (χ2v) is 3.54.